The number of unbranched alkanes of at least 4 members (excludes halogenated alkanes) is 18. The maximum absolute atomic E-state index is 12.8. The highest BCUT2D eigenvalue weighted by molar-refractivity contribution is 7.47. The Morgan fingerprint density at radius 2 is 1.06 bits per heavy atom. The summed E-state index contributed by atoms with van der Waals surface area (Å²) >= 11 is 0. The zero-order valence-electron chi connectivity index (χ0n) is 37.8. The Labute approximate surface area is 372 Å². The Morgan fingerprint density at radius 3 is 1.61 bits per heavy atom. The molecule has 62 heavy (non-hydrogen) atoms. The molecule has 9 atom stereocenters. The van der Waals surface area contributed by atoms with Gasteiger partial charge in [0.1, 0.15) is 43.2 Å². The number of ether oxygens (including phenoxy) is 2. The van der Waals surface area contributed by atoms with E-state index in [0.717, 1.165) is 89.9 Å². The van der Waals surface area contributed by atoms with E-state index in [-0.39, 0.29) is 12.8 Å². The van der Waals surface area contributed by atoms with Crippen LogP contribution in [0.25, 0.3) is 0 Å². The standard InChI is InChI=1S/C47H83O14P/c1-3-5-7-8-9-10-11-12-13-14-15-16-17-20-24-27-31-35-41(50)60-39(37-59-62(56,57)61-47-45(54)43(52)42(51)44(53)46(47)55)36-58-40(49)34-30-26-23-21-18-19-22-25-29-33-38(48)32-28-6-4-2/h6,12-13,22,25,28-29,33,38-39,42-48,51-55H,3-5,7-11,14-21,23-24,26-27,30-32,34-37H2,1-2H3,(H,56,57)/b13-12-,25-22+,28-6+,33-29+/t38?,39-,42?,43-,44+,45-,46-,47?/m1/s1. The highest BCUT2D eigenvalue weighted by Crippen LogP contribution is 2.47. The van der Waals surface area contributed by atoms with Crippen molar-refractivity contribution in [2.45, 2.75) is 223 Å². The van der Waals surface area contributed by atoms with E-state index >= 15 is 0 Å². The Morgan fingerprint density at radius 1 is 0.581 bits per heavy atom. The second-order valence-electron chi connectivity index (χ2n) is 16.4. The molecule has 0 aromatic heterocycles. The number of carbonyl (C=O) groups excluding carboxylic acids is 2. The van der Waals surface area contributed by atoms with E-state index in [0.29, 0.717) is 19.3 Å². The van der Waals surface area contributed by atoms with Gasteiger partial charge < -0.3 is 45.0 Å². The lowest BCUT2D eigenvalue weighted by molar-refractivity contribution is -0.220. The van der Waals surface area contributed by atoms with Crippen LogP contribution in [0.5, 0.6) is 0 Å². The first-order valence-corrected chi connectivity index (χ1v) is 25.0. The van der Waals surface area contributed by atoms with Gasteiger partial charge in [0.25, 0.3) is 0 Å². The van der Waals surface area contributed by atoms with Crippen molar-refractivity contribution < 1.29 is 68.2 Å². The van der Waals surface area contributed by atoms with E-state index in [1.807, 2.05) is 31.2 Å². The predicted molar refractivity (Wildman–Crippen MR) is 241 cm³/mol. The number of hydrogen-bond donors (Lipinski definition) is 7. The summed E-state index contributed by atoms with van der Waals surface area (Å²) in [7, 11) is -5.14. The molecule has 0 radical (unpaired) electrons. The molecule has 1 aliphatic carbocycles. The molecule has 0 aliphatic heterocycles. The number of aliphatic hydroxyl groups is 6. The molecule has 0 saturated heterocycles. The van der Waals surface area contributed by atoms with Gasteiger partial charge in [-0.3, -0.25) is 18.6 Å². The summed E-state index contributed by atoms with van der Waals surface area (Å²) in [5.41, 5.74) is 0. The van der Waals surface area contributed by atoms with Crippen LogP contribution in [0.3, 0.4) is 0 Å². The normalized spacial score (nSPS) is 22.8. The molecule has 0 aromatic carbocycles. The van der Waals surface area contributed by atoms with Crippen molar-refractivity contribution in [2.24, 2.45) is 0 Å². The number of carbonyl (C=O) groups is 2. The molecule has 1 aliphatic rings. The minimum absolute atomic E-state index is 0.0756. The third kappa shape index (κ3) is 29.3. The van der Waals surface area contributed by atoms with Gasteiger partial charge in [-0.1, -0.05) is 146 Å². The number of allylic oxidation sites excluding steroid dienone is 6. The first-order valence-electron chi connectivity index (χ1n) is 23.5. The number of hydrogen-bond acceptors (Lipinski definition) is 13. The molecule has 15 heteroatoms. The summed E-state index contributed by atoms with van der Waals surface area (Å²) in [6.07, 6.45) is 26.3. The molecule has 0 heterocycles. The Balaban J connectivity index is 2.48. The van der Waals surface area contributed by atoms with E-state index in [4.69, 9.17) is 18.5 Å². The molecule has 0 aromatic rings. The number of rotatable bonds is 38. The summed E-state index contributed by atoms with van der Waals surface area (Å²) in [6, 6.07) is 0. The summed E-state index contributed by atoms with van der Waals surface area (Å²) in [5.74, 6) is -1.16. The highest BCUT2D eigenvalue weighted by atomic mass is 31.2. The number of phosphoric acid groups is 1. The fourth-order valence-electron chi connectivity index (χ4n) is 6.91. The zero-order valence-corrected chi connectivity index (χ0v) is 38.7. The van der Waals surface area contributed by atoms with Gasteiger partial charge in [0.05, 0.1) is 12.7 Å². The first-order chi connectivity index (χ1) is 29.8. The third-order valence-electron chi connectivity index (χ3n) is 10.7. The van der Waals surface area contributed by atoms with Crippen LogP contribution in [-0.4, -0.2) is 110 Å². The van der Waals surface area contributed by atoms with Gasteiger partial charge in [-0.25, -0.2) is 4.57 Å². The number of esters is 2. The van der Waals surface area contributed by atoms with Crippen molar-refractivity contribution in [3.63, 3.8) is 0 Å². The van der Waals surface area contributed by atoms with Crippen LogP contribution in [0.15, 0.2) is 48.6 Å². The minimum Gasteiger partial charge on any atom is -0.462 e. The smallest absolute Gasteiger partial charge is 0.462 e. The third-order valence-corrected chi connectivity index (χ3v) is 11.7. The molecular weight excluding hydrogens is 819 g/mol. The van der Waals surface area contributed by atoms with Gasteiger partial charge in [-0.05, 0) is 64.2 Å². The van der Waals surface area contributed by atoms with E-state index in [9.17, 15) is 49.7 Å². The molecule has 1 fully saturated rings. The molecule has 7 N–H and O–H groups in total. The molecule has 1 rings (SSSR count). The summed E-state index contributed by atoms with van der Waals surface area (Å²) in [5, 5.41) is 60.0. The molecular formula is C47H83O14P. The Hall–Kier alpha value is -2.23. The van der Waals surface area contributed by atoms with Crippen LogP contribution in [-0.2, 0) is 32.7 Å². The van der Waals surface area contributed by atoms with Gasteiger partial charge in [0.2, 0.25) is 0 Å². The van der Waals surface area contributed by atoms with Crippen LogP contribution in [0.2, 0.25) is 0 Å². The largest absolute Gasteiger partial charge is 0.472 e. The van der Waals surface area contributed by atoms with Gasteiger partial charge in [0.15, 0.2) is 6.10 Å². The lowest BCUT2D eigenvalue weighted by atomic mass is 9.85. The number of phosphoric ester groups is 1. The lowest BCUT2D eigenvalue weighted by Crippen LogP contribution is -2.64. The summed E-state index contributed by atoms with van der Waals surface area (Å²) in [6.45, 7) is 3.06. The van der Waals surface area contributed by atoms with Gasteiger partial charge in [-0.2, -0.15) is 0 Å². The van der Waals surface area contributed by atoms with Crippen molar-refractivity contribution in [1.82, 2.24) is 0 Å². The monoisotopic (exact) mass is 903 g/mol. The second-order valence-corrected chi connectivity index (χ2v) is 17.8. The van der Waals surface area contributed by atoms with Gasteiger partial charge in [0, 0.05) is 12.8 Å². The molecule has 0 amide bonds. The average molecular weight is 903 g/mol. The molecule has 4 unspecified atom stereocenters. The van der Waals surface area contributed by atoms with E-state index in [2.05, 4.69) is 25.2 Å². The fourth-order valence-corrected chi connectivity index (χ4v) is 7.88. The SMILES string of the molecule is CC/C=C/CC(O)/C=C/C=C/CCCCCCCC(=O)OC[C@H](COP(=O)(O)OC1[C@H](O)[C@H](O)C(O)[C@H](O)[C@H]1O)OC(=O)CCCCCCCCC/C=C\CCCCCCCC. The topological polar surface area (TPSA) is 230 Å². The summed E-state index contributed by atoms with van der Waals surface area (Å²) < 4.78 is 33.5. The van der Waals surface area contributed by atoms with Crippen molar-refractivity contribution in [3.8, 4) is 0 Å². The van der Waals surface area contributed by atoms with Crippen molar-refractivity contribution in [3.05, 3.63) is 48.6 Å². The average Bonchev–Trinajstić information content (AvgIpc) is 3.25. The molecule has 0 spiro atoms. The first kappa shape index (κ1) is 57.8. The maximum atomic E-state index is 12.8. The maximum Gasteiger partial charge on any atom is 0.472 e. The van der Waals surface area contributed by atoms with Gasteiger partial charge in [-0.15, -0.1) is 0 Å². The second kappa shape index (κ2) is 37.0. The van der Waals surface area contributed by atoms with E-state index < -0.39 is 81.8 Å². The Kier molecular flexibility index (Phi) is 34.5. The number of aliphatic hydroxyl groups excluding tert-OH is 6. The Bertz CT molecular complexity index is 1290. The highest BCUT2D eigenvalue weighted by Gasteiger charge is 2.51. The van der Waals surface area contributed by atoms with Crippen molar-refractivity contribution >= 4 is 19.8 Å². The molecule has 360 valence electrons. The minimum atomic E-state index is -5.14. The van der Waals surface area contributed by atoms with Gasteiger partial charge >= 0.3 is 19.8 Å². The van der Waals surface area contributed by atoms with Crippen LogP contribution >= 0.6 is 7.82 Å². The van der Waals surface area contributed by atoms with Crippen molar-refractivity contribution in [2.75, 3.05) is 13.2 Å². The van der Waals surface area contributed by atoms with Crippen LogP contribution in [0, 0.1) is 0 Å². The van der Waals surface area contributed by atoms with Crippen molar-refractivity contribution in [1.29, 1.82) is 0 Å². The molecule has 1 saturated carbocycles. The van der Waals surface area contributed by atoms with Crippen LogP contribution < -0.4 is 0 Å². The lowest BCUT2D eigenvalue weighted by Gasteiger charge is -2.41. The fraction of sp³-hybridized carbons (Fsp3) is 0.787. The van der Waals surface area contributed by atoms with Crippen LogP contribution in [0.4, 0.5) is 0 Å². The summed E-state index contributed by atoms with van der Waals surface area (Å²) in [4.78, 5) is 35.7. The zero-order chi connectivity index (χ0) is 45.9. The quantitative estimate of drug-likeness (QED) is 0.0102. The van der Waals surface area contributed by atoms with Crippen LogP contribution in [0.1, 0.15) is 174 Å². The molecule has 14 nitrogen and oxygen atoms in total. The van der Waals surface area contributed by atoms with E-state index in [1.54, 1.807) is 6.08 Å². The molecule has 0 bridgehead atoms. The predicted octanol–water partition coefficient (Wildman–Crippen LogP) is 8.14. The van der Waals surface area contributed by atoms with E-state index in [1.165, 1.54) is 38.5 Å².